The number of amidine groups is 1. The molecule has 0 unspecified atom stereocenters. The lowest BCUT2D eigenvalue weighted by molar-refractivity contribution is -0.113. The molecule has 0 saturated heterocycles. The molecule has 1 amide bonds. The molecule has 4 nitrogen and oxygen atoms in total. The highest BCUT2D eigenvalue weighted by molar-refractivity contribution is 6.33. The summed E-state index contributed by atoms with van der Waals surface area (Å²) in [5.41, 5.74) is 3.64. The number of aryl methyl sites for hydroxylation is 1. The smallest absolute Gasteiger partial charge is 0.282 e. The zero-order chi connectivity index (χ0) is 20.4. The summed E-state index contributed by atoms with van der Waals surface area (Å²) in [6, 6.07) is 21.0. The molecule has 29 heavy (non-hydrogen) atoms. The van der Waals surface area contributed by atoms with E-state index in [4.69, 9.17) is 4.74 Å². The second-order valence-corrected chi connectivity index (χ2v) is 6.72. The van der Waals surface area contributed by atoms with Crippen LogP contribution in [0.5, 0.6) is 5.75 Å². The van der Waals surface area contributed by atoms with E-state index < -0.39 is 0 Å². The molecule has 0 spiro atoms. The van der Waals surface area contributed by atoms with Gasteiger partial charge in [0.2, 0.25) is 0 Å². The van der Waals surface area contributed by atoms with E-state index in [2.05, 4.69) is 4.99 Å². The predicted octanol–water partition coefficient (Wildman–Crippen LogP) is 4.98. The summed E-state index contributed by atoms with van der Waals surface area (Å²) in [6.07, 6.45) is 1.74. The Morgan fingerprint density at radius 2 is 1.59 bits per heavy atom. The number of rotatable bonds is 4. The van der Waals surface area contributed by atoms with Gasteiger partial charge >= 0.3 is 0 Å². The van der Waals surface area contributed by atoms with Crippen molar-refractivity contribution in [2.24, 2.45) is 4.99 Å². The highest BCUT2D eigenvalue weighted by Gasteiger charge is 2.32. The van der Waals surface area contributed by atoms with Gasteiger partial charge in [-0.15, -0.1) is 0 Å². The van der Waals surface area contributed by atoms with E-state index in [-0.39, 0.29) is 11.7 Å². The third-order valence-electron chi connectivity index (χ3n) is 4.67. The van der Waals surface area contributed by atoms with E-state index in [0.717, 1.165) is 22.4 Å². The minimum absolute atomic E-state index is 0.261. The Hall–Kier alpha value is -3.73. The second-order valence-electron chi connectivity index (χ2n) is 6.72. The molecule has 1 aliphatic rings. The van der Waals surface area contributed by atoms with Gasteiger partial charge in [0, 0.05) is 5.56 Å². The molecule has 0 fully saturated rings. The Balaban J connectivity index is 1.78. The molecule has 1 heterocycles. The summed E-state index contributed by atoms with van der Waals surface area (Å²) < 4.78 is 18.6. The standard InChI is InChI=1S/C24H19FN2O2/c1-16-3-7-18(8-4-16)23-26-22(15-17-5-13-21(29-2)14-6-17)24(28)27(23)20-11-9-19(25)10-12-20/h3-15H,1-2H3/b22-15+. The van der Waals surface area contributed by atoms with Crippen LogP contribution in [-0.4, -0.2) is 18.9 Å². The van der Waals surface area contributed by atoms with E-state index in [9.17, 15) is 9.18 Å². The van der Waals surface area contributed by atoms with Crippen molar-refractivity contribution in [3.8, 4) is 5.75 Å². The van der Waals surface area contributed by atoms with Crippen LogP contribution in [0.3, 0.4) is 0 Å². The molecule has 0 atom stereocenters. The number of hydrogen-bond donors (Lipinski definition) is 0. The minimum atomic E-state index is -0.358. The van der Waals surface area contributed by atoms with Gasteiger partial charge in [0.25, 0.3) is 5.91 Å². The summed E-state index contributed by atoms with van der Waals surface area (Å²) in [4.78, 5) is 19.3. The first-order valence-electron chi connectivity index (χ1n) is 9.16. The maximum Gasteiger partial charge on any atom is 0.282 e. The van der Waals surface area contributed by atoms with Crippen molar-refractivity contribution in [2.45, 2.75) is 6.92 Å². The Morgan fingerprint density at radius 1 is 0.931 bits per heavy atom. The van der Waals surface area contributed by atoms with Crippen molar-refractivity contribution in [3.05, 3.63) is 101 Å². The topological polar surface area (TPSA) is 41.9 Å². The van der Waals surface area contributed by atoms with Crippen LogP contribution in [0.1, 0.15) is 16.7 Å². The first-order chi connectivity index (χ1) is 14.0. The van der Waals surface area contributed by atoms with Gasteiger partial charge in [-0.3, -0.25) is 9.69 Å². The fraction of sp³-hybridized carbons (Fsp3) is 0.0833. The molecular formula is C24H19FN2O2. The molecule has 0 N–H and O–H groups in total. The van der Waals surface area contributed by atoms with Crippen LogP contribution >= 0.6 is 0 Å². The van der Waals surface area contributed by atoms with Crippen molar-refractivity contribution in [2.75, 3.05) is 12.0 Å². The lowest BCUT2D eigenvalue weighted by atomic mass is 10.1. The van der Waals surface area contributed by atoms with Gasteiger partial charge in [0.15, 0.2) is 0 Å². The van der Waals surface area contributed by atoms with E-state index in [1.165, 1.54) is 17.0 Å². The van der Waals surface area contributed by atoms with E-state index in [1.54, 1.807) is 25.3 Å². The molecule has 0 bridgehead atoms. The number of nitrogens with zero attached hydrogens (tertiary/aromatic N) is 2. The van der Waals surface area contributed by atoms with Crippen LogP contribution < -0.4 is 9.64 Å². The van der Waals surface area contributed by atoms with Crippen molar-refractivity contribution in [1.82, 2.24) is 0 Å². The molecule has 4 rings (SSSR count). The highest BCUT2D eigenvalue weighted by atomic mass is 19.1. The molecule has 3 aromatic carbocycles. The average Bonchev–Trinajstić information content (AvgIpc) is 3.06. The van der Waals surface area contributed by atoms with Crippen LogP contribution in [0.15, 0.2) is 83.5 Å². The Bertz CT molecular complexity index is 1100. The summed E-state index contributed by atoms with van der Waals surface area (Å²) in [6.45, 7) is 2.00. The van der Waals surface area contributed by atoms with E-state index >= 15 is 0 Å². The zero-order valence-electron chi connectivity index (χ0n) is 16.1. The lowest BCUT2D eigenvalue weighted by Gasteiger charge is -2.18. The Kier molecular flexibility index (Phi) is 4.96. The minimum Gasteiger partial charge on any atom is -0.497 e. The van der Waals surface area contributed by atoms with Gasteiger partial charge in [0.1, 0.15) is 23.1 Å². The van der Waals surface area contributed by atoms with Crippen LogP contribution in [0.25, 0.3) is 6.08 Å². The summed E-state index contributed by atoms with van der Waals surface area (Å²) in [7, 11) is 1.60. The molecular weight excluding hydrogens is 367 g/mol. The van der Waals surface area contributed by atoms with Gasteiger partial charge in [-0.25, -0.2) is 9.38 Å². The molecule has 144 valence electrons. The third-order valence-corrected chi connectivity index (χ3v) is 4.67. The summed E-state index contributed by atoms with van der Waals surface area (Å²) in [5, 5.41) is 0. The largest absolute Gasteiger partial charge is 0.497 e. The normalized spacial score (nSPS) is 15.0. The number of carbonyl (C=O) groups is 1. The van der Waals surface area contributed by atoms with Crippen LogP contribution in [0.4, 0.5) is 10.1 Å². The molecule has 3 aromatic rings. The maximum absolute atomic E-state index is 13.4. The number of benzene rings is 3. The first-order valence-corrected chi connectivity index (χ1v) is 9.16. The molecule has 0 radical (unpaired) electrons. The number of amides is 1. The zero-order valence-corrected chi connectivity index (χ0v) is 16.1. The monoisotopic (exact) mass is 386 g/mol. The van der Waals surface area contributed by atoms with E-state index in [1.807, 2.05) is 55.5 Å². The Labute approximate surface area is 168 Å². The molecule has 0 saturated carbocycles. The highest BCUT2D eigenvalue weighted by Crippen LogP contribution is 2.28. The predicted molar refractivity (Wildman–Crippen MR) is 113 cm³/mol. The molecule has 5 heteroatoms. The number of halogens is 1. The van der Waals surface area contributed by atoms with Crippen LogP contribution in [0, 0.1) is 12.7 Å². The lowest BCUT2D eigenvalue weighted by Crippen LogP contribution is -2.32. The molecule has 1 aliphatic heterocycles. The van der Waals surface area contributed by atoms with Crippen LogP contribution in [0.2, 0.25) is 0 Å². The molecule has 0 aliphatic carbocycles. The van der Waals surface area contributed by atoms with Crippen molar-refractivity contribution in [3.63, 3.8) is 0 Å². The Morgan fingerprint density at radius 3 is 2.21 bits per heavy atom. The van der Waals surface area contributed by atoms with Gasteiger partial charge in [-0.2, -0.15) is 0 Å². The van der Waals surface area contributed by atoms with E-state index in [0.29, 0.717) is 17.2 Å². The average molecular weight is 386 g/mol. The third kappa shape index (κ3) is 3.80. The fourth-order valence-electron chi connectivity index (χ4n) is 3.10. The second kappa shape index (κ2) is 7.72. The number of aliphatic imine (C=N–C) groups is 1. The SMILES string of the molecule is COc1ccc(/C=C2/N=C(c3ccc(C)cc3)N(c3ccc(F)cc3)C2=O)cc1. The number of hydrogen-bond acceptors (Lipinski definition) is 3. The summed E-state index contributed by atoms with van der Waals surface area (Å²) >= 11 is 0. The van der Waals surface area contributed by atoms with Crippen molar-refractivity contribution in [1.29, 1.82) is 0 Å². The maximum atomic E-state index is 13.4. The van der Waals surface area contributed by atoms with Gasteiger partial charge in [-0.05, 0) is 55.0 Å². The fourth-order valence-corrected chi connectivity index (χ4v) is 3.10. The van der Waals surface area contributed by atoms with Gasteiger partial charge in [-0.1, -0.05) is 42.0 Å². The van der Waals surface area contributed by atoms with Gasteiger partial charge in [0.05, 0.1) is 12.8 Å². The first kappa shape index (κ1) is 18.6. The van der Waals surface area contributed by atoms with Crippen LogP contribution in [-0.2, 0) is 4.79 Å². The number of ether oxygens (including phenoxy) is 1. The quantitative estimate of drug-likeness (QED) is 0.594. The number of anilines is 1. The van der Waals surface area contributed by atoms with Crippen molar-refractivity contribution < 1.29 is 13.9 Å². The van der Waals surface area contributed by atoms with Crippen molar-refractivity contribution >= 4 is 23.5 Å². The van der Waals surface area contributed by atoms with Gasteiger partial charge < -0.3 is 4.74 Å². The number of carbonyl (C=O) groups excluding carboxylic acids is 1. The molecule has 0 aromatic heterocycles. The number of methoxy groups -OCH3 is 1. The summed E-state index contributed by atoms with van der Waals surface area (Å²) in [5.74, 6) is 0.634.